The first-order chi connectivity index (χ1) is 9.66. The van der Waals surface area contributed by atoms with Crippen molar-refractivity contribution in [2.45, 2.75) is 72.8 Å². The monoisotopic (exact) mass is 290 g/mol. The summed E-state index contributed by atoms with van der Waals surface area (Å²) in [6.45, 7) is 13.0. The Morgan fingerprint density at radius 2 is 1.62 bits per heavy atom. The molecular weight excluding hydrogens is 260 g/mol. The third-order valence-electron chi connectivity index (χ3n) is 3.90. The van der Waals surface area contributed by atoms with E-state index in [9.17, 15) is 4.79 Å². The first-order valence-electron chi connectivity index (χ1n) is 7.93. The summed E-state index contributed by atoms with van der Waals surface area (Å²) >= 11 is 0. The van der Waals surface area contributed by atoms with Crippen LogP contribution in [-0.4, -0.2) is 5.97 Å². The van der Waals surface area contributed by atoms with Gasteiger partial charge in [-0.05, 0) is 36.8 Å². The highest BCUT2D eigenvalue weighted by atomic mass is 16.5. The Balaban J connectivity index is 2.57. The van der Waals surface area contributed by atoms with Crippen LogP contribution in [0.1, 0.15) is 71.9 Å². The molecule has 118 valence electrons. The molecule has 0 aliphatic heterocycles. The zero-order valence-electron chi connectivity index (χ0n) is 14.5. The summed E-state index contributed by atoms with van der Waals surface area (Å²) in [7, 11) is 0. The van der Waals surface area contributed by atoms with Crippen molar-refractivity contribution >= 4 is 5.97 Å². The average Bonchev–Trinajstić information content (AvgIpc) is 2.42. The zero-order valence-corrected chi connectivity index (χ0v) is 14.5. The fourth-order valence-electron chi connectivity index (χ4n) is 2.17. The molecular formula is C19H30O2. The molecule has 0 atom stereocenters. The molecule has 0 amide bonds. The summed E-state index contributed by atoms with van der Waals surface area (Å²) in [6.07, 6.45) is 3.04. The molecule has 2 heteroatoms. The molecule has 0 unspecified atom stereocenters. The molecule has 0 saturated carbocycles. The van der Waals surface area contributed by atoms with Crippen molar-refractivity contribution in [2.75, 3.05) is 0 Å². The molecule has 0 aliphatic rings. The van der Waals surface area contributed by atoms with Crippen LogP contribution in [0, 0.1) is 5.41 Å². The summed E-state index contributed by atoms with van der Waals surface area (Å²) in [6, 6.07) is 8.33. The van der Waals surface area contributed by atoms with E-state index in [0.29, 0.717) is 6.61 Å². The number of carbonyl (C=O) groups excluding carboxylic acids is 1. The number of rotatable bonds is 6. The van der Waals surface area contributed by atoms with Gasteiger partial charge in [0.15, 0.2) is 0 Å². The lowest BCUT2D eigenvalue weighted by Crippen LogP contribution is -2.26. The summed E-state index contributed by atoms with van der Waals surface area (Å²) in [5.74, 6) is -0.101. The highest BCUT2D eigenvalue weighted by Crippen LogP contribution is 2.26. The van der Waals surface area contributed by atoms with E-state index in [1.54, 1.807) is 0 Å². The van der Waals surface area contributed by atoms with Gasteiger partial charge in [-0.3, -0.25) is 4.79 Å². The number of carbonyl (C=O) groups is 1. The Hall–Kier alpha value is -1.31. The fraction of sp³-hybridized carbons (Fsp3) is 0.632. The zero-order chi connectivity index (χ0) is 16.1. The molecule has 0 fully saturated rings. The topological polar surface area (TPSA) is 26.3 Å². The number of benzene rings is 1. The number of esters is 1. The van der Waals surface area contributed by atoms with Crippen LogP contribution in [0.5, 0.6) is 0 Å². The van der Waals surface area contributed by atoms with Gasteiger partial charge in [0.05, 0.1) is 5.41 Å². The molecule has 0 heterocycles. The Labute approximate surface area is 129 Å². The van der Waals surface area contributed by atoms with Gasteiger partial charge in [-0.2, -0.15) is 0 Å². The molecule has 2 nitrogen and oxygen atoms in total. The van der Waals surface area contributed by atoms with Gasteiger partial charge in [-0.25, -0.2) is 0 Å². The highest BCUT2D eigenvalue weighted by molar-refractivity contribution is 5.75. The molecule has 0 aliphatic carbocycles. The Morgan fingerprint density at radius 1 is 1.05 bits per heavy atom. The van der Waals surface area contributed by atoms with Crippen LogP contribution in [0.25, 0.3) is 0 Å². The van der Waals surface area contributed by atoms with Gasteiger partial charge in [0.25, 0.3) is 0 Å². The second-order valence-corrected chi connectivity index (χ2v) is 7.51. The SMILES string of the molecule is CCCCC(C)(C)C(=O)OCc1ccc(C(C)(C)C)cc1. The molecule has 0 bridgehead atoms. The van der Waals surface area contributed by atoms with Gasteiger partial charge < -0.3 is 4.74 Å². The van der Waals surface area contributed by atoms with Crippen LogP contribution in [0.2, 0.25) is 0 Å². The van der Waals surface area contributed by atoms with Gasteiger partial charge >= 0.3 is 5.97 Å². The Bertz CT molecular complexity index is 449. The predicted molar refractivity (Wildman–Crippen MR) is 88.2 cm³/mol. The van der Waals surface area contributed by atoms with E-state index in [-0.39, 0.29) is 16.8 Å². The van der Waals surface area contributed by atoms with Gasteiger partial charge in [0.2, 0.25) is 0 Å². The number of ether oxygens (including phenoxy) is 1. The maximum atomic E-state index is 12.1. The van der Waals surface area contributed by atoms with Crippen LogP contribution in [0.3, 0.4) is 0 Å². The van der Waals surface area contributed by atoms with Crippen LogP contribution < -0.4 is 0 Å². The van der Waals surface area contributed by atoms with Crippen molar-refractivity contribution in [3.8, 4) is 0 Å². The van der Waals surface area contributed by atoms with E-state index in [2.05, 4.69) is 39.8 Å². The van der Waals surface area contributed by atoms with Gasteiger partial charge in [0.1, 0.15) is 6.61 Å². The van der Waals surface area contributed by atoms with Crippen molar-refractivity contribution in [1.29, 1.82) is 0 Å². The minimum atomic E-state index is -0.388. The molecule has 1 aromatic carbocycles. The third-order valence-corrected chi connectivity index (χ3v) is 3.90. The van der Waals surface area contributed by atoms with E-state index in [1.807, 2.05) is 26.0 Å². The molecule has 0 radical (unpaired) electrons. The van der Waals surface area contributed by atoms with E-state index >= 15 is 0 Å². The smallest absolute Gasteiger partial charge is 0.311 e. The van der Waals surface area contributed by atoms with Crippen LogP contribution >= 0.6 is 0 Å². The van der Waals surface area contributed by atoms with E-state index in [0.717, 1.165) is 24.8 Å². The second kappa shape index (κ2) is 7.11. The van der Waals surface area contributed by atoms with E-state index < -0.39 is 0 Å². The standard InChI is InChI=1S/C19H30O2/c1-7-8-13-19(5,6)17(20)21-14-15-9-11-16(12-10-15)18(2,3)4/h9-12H,7-8,13-14H2,1-6H3. The Kier molecular flexibility index (Phi) is 6.00. The predicted octanol–water partition coefficient (Wildman–Crippen LogP) is 5.24. The van der Waals surface area contributed by atoms with E-state index in [4.69, 9.17) is 4.74 Å². The van der Waals surface area contributed by atoms with Crippen LogP contribution in [0.15, 0.2) is 24.3 Å². The maximum Gasteiger partial charge on any atom is 0.311 e. The molecule has 21 heavy (non-hydrogen) atoms. The molecule has 1 rings (SSSR count). The van der Waals surface area contributed by atoms with Crippen molar-refractivity contribution in [3.05, 3.63) is 35.4 Å². The Morgan fingerprint density at radius 3 is 2.10 bits per heavy atom. The lowest BCUT2D eigenvalue weighted by Gasteiger charge is -2.22. The van der Waals surface area contributed by atoms with Crippen molar-refractivity contribution in [1.82, 2.24) is 0 Å². The third kappa shape index (κ3) is 5.53. The van der Waals surface area contributed by atoms with Crippen molar-refractivity contribution in [3.63, 3.8) is 0 Å². The fourth-order valence-corrected chi connectivity index (χ4v) is 2.17. The largest absolute Gasteiger partial charge is 0.460 e. The van der Waals surface area contributed by atoms with Crippen molar-refractivity contribution < 1.29 is 9.53 Å². The van der Waals surface area contributed by atoms with Crippen molar-refractivity contribution in [2.24, 2.45) is 5.41 Å². The first-order valence-corrected chi connectivity index (χ1v) is 7.93. The first kappa shape index (κ1) is 17.7. The second-order valence-electron chi connectivity index (χ2n) is 7.51. The molecule has 0 saturated heterocycles. The van der Waals surface area contributed by atoms with Gasteiger partial charge in [-0.1, -0.05) is 64.8 Å². The lowest BCUT2D eigenvalue weighted by atomic mass is 9.86. The molecule has 0 aromatic heterocycles. The molecule has 0 spiro atoms. The van der Waals surface area contributed by atoms with Crippen LogP contribution in [-0.2, 0) is 21.6 Å². The summed E-state index contributed by atoms with van der Waals surface area (Å²) in [5, 5.41) is 0. The van der Waals surface area contributed by atoms with Gasteiger partial charge in [-0.15, -0.1) is 0 Å². The molecule has 0 N–H and O–H groups in total. The highest BCUT2D eigenvalue weighted by Gasteiger charge is 2.28. The molecule has 1 aromatic rings. The lowest BCUT2D eigenvalue weighted by molar-refractivity contribution is -0.155. The minimum Gasteiger partial charge on any atom is -0.460 e. The summed E-state index contributed by atoms with van der Waals surface area (Å²) in [4.78, 5) is 12.1. The number of unbranched alkanes of at least 4 members (excludes halogenated alkanes) is 1. The van der Waals surface area contributed by atoms with Gasteiger partial charge in [0, 0.05) is 0 Å². The minimum absolute atomic E-state index is 0.101. The van der Waals surface area contributed by atoms with E-state index in [1.165, 1.54) is 5.56 Å². The average molecular weight is 290 g/mol. The maximum absolute atomic E-state index is 12.1. The number of hydrogen-bond acceptors (Lipinski definition) is 2. The number of hydrogen-bond donors (Lipinski definition) is 0. The summed E-state index contributed by atoms with van der Waals surface area (Å²) in [5.41, 5.74) is 2.10. The summed E-state index contributed by atoms with van der Waals surface area (Å²) < 4.78 is 5.48. The normalized spacial score (nSPS) is 12.3. The quantitative estimate of drug-likeness (QED) is 0.669. The van der Waals surface area contributed by atoms with Crippen LogP contribution in [0.4, 0.5) is 0 Å².